The zero-order valence-corrected chi connectivity index (χ0v) is 13.0. The SMILES string of the molecule is O=[N+]([O-])c1c(Cl)ccc(S(=O)(=O)N(CCO)C2CC2)c1Cl. The Bertz CT molecular complexity index is 675. The third kappa shape index (κ3) is 3.14. The van der Waals surface area contributed by atoms with Gasteiger partial charge in [-0.1, -0.05) is 23.2 Å². The molecule has 0 aromatic heterocycles. The Morgan fingerprint density at radius 1 is 1.38 bits per heavy atom. The van der Waals surface area contributed by atoms with Gasteiger partial charge >= 0.3 is 5.69 Å². The molecule has 1 aromatic rings. The van der Waals surface area contributed by atoms with Crippen LogP contribution in [0.3, 0.4) is 0 Å². The first kappa shape index (κ1) is 16.4. The van der Waals surface area contributed by atoms with Crippen LogP contribution in [0.2, 0.25) is 10.0 Å². The normalized spacial score (nSPS) is 15.4. The van der Waals surface area contributed by atoms with Gasteiger partial charge < -0.3 is 5.11 Å². The van der Waals surface area contributed by atoms with Gasteiger partial charge in [0.05, 0.1) is 11.5 Å². The van der Waals surface area contributed by atoms with Crippen molar-refractivity contribution in [3.63, 3.8) is 0 Å². The number of aliphatic hydroxyl groups is 1. The highest BCUT2D eigenvalue weighted by atomic mass is 35.5. The van der Waals surface area contributed by atoms with Crippen LogP contribution >= 0.6 is 23.2 Å². The molecule has 1 aromatic carbocycles. The molecule has 0 heterocycles. The predicted octanol–water partition coefficient (Wildman–Crippen LogP) is 2.05. The van der Waals surface area contributed by atoms with Gasteiger partial charge in [0.2, 0.25) is 10.0 Å². The maximum atomic E-state index is 12.6. The molecule has 0 unspecified atom stereocenters. The van der Waals surface area contributed by atoms with E-state index >= 15 is 0 Å². The monoisotopic (exact) mass is 354 g/mol. The van der Waals surface area contributed by atoms with E-state index in [0.717, 1.165) is 16.4 Å². The van der Waals surface area contributed by atoms with Gasteiger partial charge in [-0.15, -0.1) is 0 Å². The highest BCUT2D eigenvalue weighted by Crippen LogP contribution is 2.40. The predicted molar refractivity (Wildman–Crippen MR) is 77.1 cm³/mol. The lowest BCUT2D eigenvalue weighted by Gasteiger charge is -2.21. The van der Waals surface area contributed by atoms with Crippen molar-refractivity contribution in [3.8, 4) is 0 Å². The number of benzene rings is 1. The summed E-state index contributed by atoms with van der Waals surface area (Å²) in [5.74, 6) is 0. The molecule has 116 valence electrons. The van der Waals surface area contributed by atoms with Gasteiger partial charge in [0, 0.05) is 12.6 Å². The summed E-state index contributed by atoms with van der Waals surface area (Å²) in [6, 6.07) is 2.07. The Morgan fingerprint density at radius 2 is 2.00 bits per heavy atom. The van der Waals surface area contributed by atoms with Crippen LogP contribution in [-0.2, 0) is 10.0 Å². The molecule has 7 nitrogen and oxygen atoms in total. The molecule has 10 heteroatoms. The van der Waals surface area contributed by atoms with E-state index in [0.29, 0.717) is 12.8 Å². The van der Waals surface area contributed by atoms with Crippen molar-refractivity contribution in [2.45, 2.75) is 23.8 Å². The van der Waals surface area contributed by atoms with E-state index in [1.807, 2.05) is 0 Å². The van der Waals surface area contributed by atoms with E-state index < -0.39 is 25.7 Å². The smallest absolute Gasteiger partial charge is 0.307 e. The third-order valence-corrected chi connectivity index (χ3v) is 5.87. The zero-order chi connectivity index (χ0) is 15.8. The summed E-state index contributed by atoms with van der Waals surface area (Å²) in [5, 5.41) is 19.2. The van der Waals surface area contributed by atoms with Crippen molar-refractivity contribution in [2.75, 3.05) is 13.2 Å². The highest BCUT2D eigenvalue weighted by molar-refractivity contribution is 7.89. The lowest BCUT2D eigenvalue weighted by Crippen LogP contribution is -2.35. The van der Waals surface area contributed by atoms with Crippen LogP contribution in [0.15, 0.2) is 17.0 Å². The highest BCUT2D eigenvalue weighted by Gasteiger charge is 2.40. The average Bonchev–Trinajstić information content (AvgIpc) is 3.19. The number of rotatable bonds is 6. The first-order valence-electron chi connectivity index (χ1n) is 6.05. The fourth-order valence-electron chi connectivity index (χ4n) is 1.98. The van der Waals surface area contributed by atoms with Crippen LogP contribution in [0.25, 0.3) is 0 Å². The second kappa shape index (κ2) is 6.05. The van der Waals surface area contributed by atoms with Crippen molar-refractivity contribution in [1.29, 1.82) is 0 Å². The Labute approximate surface area is 131 Å². The van der Waals surface area contributed by atoms with E-state index in [9.17, 15) is 18.5 Å². The van der Waals surface area contributed by atoms with E-state index in [-0.39, 0.29) is 29.1 Å². The molecule has 0 aliphatic heterocycles. The van der Waals surface area contributed by atoms with Gasteiger partial charge in [-0.05, 0) is 25.0 Å². The molecule has 0 spiro atoms. The summed E-state index contributed by atoms with van der Waals surface area (Å²) in [5.41, 5.74) is -0.640. The largest absolute Gasteiger partial charge is 0.395 e. The van der Waals surface area contributed by atoms with Crippen molar-refractivity contribution < 1.29 is 18.4 Å². The van der Waals surface area contributed by atoms with Crippen molar-refractivity contribution >= 4 is 38.9 Å². The quantitative estimate of drug-likeness (QED) is 0.622. The molecular weight excluding hydrogens is 343 g/mol. The number of aliphatic hydroxyl groups excluding tert-OH is 1. The van der Waals surface area contributed by atoms with Gasteiger partial charge in [-0.25, -0.2) is 8.42 Å². The third-order valence-electron chi connectivity index (χ3n) is 3.08. The summed E-state index contributed by atoms with van der Waals surface area (Å²) >= 11 is 11.6. The number of sulfonamides is 1. The summed E-state index contributed by atoms with van der Waals surface area (Å²) < 4.78 is 26.3. The van der Waals surface area contributed by atoms with Gasteiger partial charge in [0.25, 0.3) is 0 Å². The van der Waals surface area contributed by atoms with Gasteiger partial charge in [-0.2, -0.15) is 4.31 Å². The first-order valence-corrected chi connectivity index (χ1v) is 8.25. The molecule has 1 aliphatic carbocycles. The van der Waals surface area contributed by atoms with Crippen LogP contribution in [0.4, 0.5) is 5.69 Å². The molecule has 0 amide bonds. The minimum absolute atomic E-state index is 0.0836. The van der Waals surface area contributed by atoms with Crippen molar-refractivity contribution in [2.24, 2.45) is 0 Å². The second-order valence-electron chi connectivity index (χ2n) is 4.54. The zero-order valence-electron chi connectivity index (χ0n) is 10.7. The molecule has 1 saturated carbocycles. The van der Waals surface area contributed by atoms with Crippen LogP contribution in [-0.4, -0.2) is 41.9 Å². The van der Waals surface area contributed by atoms with Crippen LogP contribution < -0.4 is 0 Å². The Balaban J connectivity index is 2.54. The summed E-state index contributed by atoms with van der Waals surface area (Å²) in [7, 11) is -4.03. The molecule has 21 heavy (non-hydrogen) atoms. The van der Waals surface area contributed by atoms with Crippen LogP contribution in [0.5, 0.6) is 0 Å². The molecule has 1 fully saturated rings. The minimum Gasteiger partial charge on any atom is -0.395 e. The summed E-state index contributed by atoms with van der Waals surface area (Å²) in [6.07, 6.45) is 1.37. The topological polar surface area (TPSA) is 101 Å². The molecule has 1 aliphatic rings. The molecule has 0 atom stereocenters. The fraction of sp³-hybridized carbons (Fsp3) is 0.455. The lowest BCUT2D eigenvalue weighted by atomic mass is 10.3. The second-order valence-corrected chi connectivity index (χ2v) is 7.18. The standard InChI is InChI=1S/C11H12Cl2N2O5S/c12-8-3-4-9(10(13)11(8)15(17)18)21(19,20)14(5-6-16)7-1-2-7/h3-4,7,16H,1-2,5-6H2. The number of nitrogens with zero attached hydrogens (tertiary/aromatic N) is 2. The number of nitro groups is 1. The van der Waals surface area contributed by atoms with E-state index in [4.69, 9.17) is 28.3 Å². The molecule has 0 bridgehead atoms. The first-order chi connectivity index (χ1) is 9.80. The molecule has 0 saturated heterocycles. The Hall–Kier alpha value is -0.930. The van der Waals surface area contributed by atoms with E-state index in [1.165, 1.54) is 0 Å². The van der Waals surface area contributed by atoms with Crippen LogP contribution in [0.1, 0.15) is 12.8 Å². The van der Waals surface area contributed by atoms with E-state index in [2.05, 4.69) is 0 Å². The Morgan fingerprint density at radius 3 is 2.48 bits per heavy atom. The molecule has 0 radical (unpaired) electrons. The minimum atomic E-state index is -4.03. The van der Waals surface area contributed by atoms with Crippen molar-refractivity contribution in [1.82, 2.24) is 4.31 Å². The number of nitro benzene ring substituents is 1. The number of halogens is 2. The summed E-state index contributed by atoms with van der Waals surface area (Å²) in [6.45, 7) is -0.428. The van der Waals surface area contributed by atoms with Gasteiger partial charge in [0.1, 0.15) is 14.9 Å². The van der Waals surface area contributed by atoms with Gasteiger partial charge in [0.15, 0.2) is 0 Å². The average molecular weight is 355 g/mol. The summed E-state index contributed by atoms with van der Waals surface area (Å²) in [4.78, 5) is 9.76. The molecular formula is C11H12Cl2N2O5S. The Kier molecular flexibility index (Phi) is 4.74. The lowest BCUT2D eigenvalue weighted by molar-refractivity contribution is -0.384. The fourth-order valence-corrected chi connectivity index (χ4v) is 4.52. The van der Waals surface area contributed by atoms with Crippen molar-refractivity contribution in [3.05, 3.63) is 32.3 Å². The van der Waals surface area contributed by atoms with Crippen LogP contribution in [0, 0.1) is 10.1 Å². The number of hydrogen-bond donors (Lipinski definition) is 1. The van der Waals surface area contributed by atoms with E-state index in [1.54, 1.807) is 0 Å². The van der Waals surface area contributed by atoms with Gasteiger partial charge in [-0.3, -0.25) is 10.1 Å². The maximum Gasteiger partial charge on any atom is 0.307 e. The number of hydrogen-bond acceptors (Lipinski definition) is 5. The molecule has 1 N–H and O–H groups in total. The maximum absolute atomic E-state index is 12.6. The molecule has 2 rings (SSSR count).